The van der Waals surface area contributed by atoms with Gasteiger partial charge < -0.3 is 4.90 Å². The van der Waals surface area contributed by atoms with E-state index in [2.05, 4.69) is 37.3 Å². The third-order valence-corrected chi connectivity index (χ3v) is 4.02. The first-order valence-electron chi connectivity index (χ1n) is 7.15. The second kappa shape index (κ2) is 4.54. The number of aromatic nitrogens is 6. The smallest absolute Gasteiger partial charge is 0.254 e. The zero-order chi connectivity index (χ0) is 14.4. The molecule has 108 valence electrons. The molecule has 0 amide bonds. The molecule has 1 saturated heterocycles. The topological polar surface area (TPSA) is 64.1 Å². The van der Waals surface area contributed by atoms with Gasteiger partial charge in [0.1, 0.15) is 12.1 Å². The molecule has 1 aliphatic heterocycles. The van der Waals surface area contributed by atoms with Crippen LogP contribution in [0, 0.1) is 6.92 Å². The molecule has 4 rings (SSSR count). The van der Waals surface area contributed by atoms with E-state index in [9.17, 15) is 0 Å². The van der Waals surface area contributed by atoms with E-state index in [4.69, 9.17) is 0 Å². The molecular formula is C14H17N7. The van der Waals surface area contributed by atoms with Crippen LogP contribution in [0.15, 0.2) is 24.8 Å². The van der Waals surface area contributed by atoms with E-state index in [0.717, 1.165) is 30.9 Å². The average molecular weight is 283 g/mol. The second-order valence-corrected chi connectivity index (χ2v) is 5.53. The summed E-state index contributed by atoms with van der Waals surface area (Å²) in [5.74, 6) is 1.71. The minimum absolute atomic E-state index is 0.341. The molecule has 0 aliphatic carbocycles. The van der Waals surface area contributed by atoms with Crippen LogP contribution in [0.3, 0.4) is 0 Å². The van der Waals surface area contributed by atoms with Crippen molar-refractivity contribution in [3.05, 3.63) is 36.0 Å². The van der Waals surface area contributed by atoms with Crippen LogP contribution in [-0.2, 0) is 7.05 Å². The van der Waals surface area contributed by atoms with Crippen molar-refractivity contribution in [3.63, 3.8) is 0 Å². The van der Waals surface area contributed by atoms with E-state index in [1.165, 1.54) is 5.56 Å². The number of rotatable bonds is 2. The molecule has 3 aromatic heterocycles. The first-order valence-corrected chi connectivity index (χ1v) is 7.15. The van der Waals surface area contributed by atoms with E-state index >= 15 is 0 Å². The van der Waals surface area contributed by atoms with Crippen LogP contribution in [0.5, 0.6) is 0 Å². The van der Waals surface area contributed by atoms with Crippen LogP contribution in [-0.4, -0.2) is 35.9 Å². The fourth-order valence-corrected chi connectivity index (χ4v) is 3.12. The third kappa shape index (κ3) is 1.96. The molecule has 1 atom stereocenters. The minimum Gasteiger partial charge on any atom is -0.349 e. The van der Waals surface area contributed by atoms with Crippen LogP contribution in [0.2, 0.25) is 0 Å². The Bertz CT molecular complexity index is 788. The van der Waals surface area contributed by atoms with Crippen LogP contribution >= 0.6 is 0 Å². The van der Waals surface area contributed by atoms with Gasteiger partial charge in [0.25, 0.3) is 5.78 Å². The highest BCUT2D eigenvalue weighted by Gasteiger charge is 2.29. The molecule has 0 spiro atoms. The van der Waals surface area contributed by atoms with Gasteiger partial charge in [0, 0.05) is 37.1 Å². The second-order valence-electron chi connectivity index (χ2n) is 5.53. The van der Waals surface area contributed by atoms with Gasteiger partial charge in [-0.2, -0.15) is 19.7 Å². The average Bonchev–Trinajstić information content (AvgIpc) is 3.15. The van der Waals surface area contributed by atoms with Gasteiger partial charge in [-0.25, -0.2) is 4.98 Å². The van der Waals surface area contributed by atoms with Gasteiger partial charge in [0.15, 0.2) is 0 Å². The lowest BCUT2D eigenvalue weighted by Crippen LogP contribution is -2.25. The molecule has 0 saturated carbocycles. The summed E-state index contributed by atoms with van der Waals surface area (Å²) < 4.78 is 3.68. The molecule has 4 heterocycles. The van der Waals surface area contributed by atoms with Gasteiger partial charge in [0.05, 0.1) is 12.2 Å². The number of aryl methyl sites for hydroxylation is 2. The summed E-state index contributed by atoms with van der Waals surface area (Å²) in [6.45, 7) is 3.01. The molecule has 21 heavy (non-hydrogen) atoms. The fourth-order valence-electron chi connectivity index (χ4n) is 3.12. The van der Waals surface area contributed by atoms with Crippen molar-refractivity contribution >= 4 is 11.6 Å². The van der Waals surface area contributed by atoms with Gasteiger partial charge in [-0.05, 0) is 19.8 Å². The van der Waals surface area contributed by atoms with Crippen molar-refractivity contribution in [3.8, 4) is 0 Å². The van der Waals surface area contributed by atoms with Crippen molar-refractivity contribution in [1.82, 2.24) is 29.4 Å². The van der Waals surface area contributed by atoms with E-state index in [0.29, 0.717) is 11.8 Å². The highest BCUT2D eigenvalue weighted by Crippen LogP contribution is 2.35. The lowest BCUT2D eigenvalue weighted by Gasteiger charge is -2.26. The maximum Gasteiger partial charge on any atom is 0.254 e. The molecule has 0 N–H and O–H groups in total. The Kier molecular flexibility index (Phi) is 2.66. The van der Waals surface area contributed by atoms with Crippen molar-refractivity contribution in [2.75, 3.05) is 11.4 Å². The molecule has 0 aromatic carbocycles. The Labute approximate surface area is 122 Å². The number of anilines is 1. The summed E-state index contributed by atoms with van der Waals surface area (Å²) in [7, 11) is 1.95. The first kappa shape index (κ1) is 12.3. The Balaban J connectivity index is 1.81. The van der Waals surface area contributed by atoms with Gasteiger partial charge in [-0.1, -0.05) is 0 Å². The van der Waals surface area contributed by atoms with Gasteiger partial charge in [0.2, 0.25) is 0 Å². The van der Waals surface area contributed by atoms with Crippen LogP contribution < -0.4 is 4.90 Å². The molecule has 7 nitrogen and oxygen atoms in total. The summed E-state index contributed by atoms with van der Waals surface area (Å²) in [6.07, 6.45) is 7.89. The number of fused-ring (bicyclic) bond motifs is 1. The minimum atomic E-state index is 0.341. The van der Waals surface area contributed by atoms with Gasteiger partial charge >= 0.3 is 0 Å². The van der Waals surface area contributed by atoms with Crippen molar-refractivity contribution in [2.45, 2.75) is 25.8 Å². The molecule has 7 heteroatoms. The predicted octanol–water partition coefficient (Wildman–Crippen LogP) is 1.51. The molecule has 0 unspecified atom stereocenters. The Morgan fingerprint density at radius 2 is 2.19 bits per heavy atom. The number of hydrogen-bond acceptors (Lipinski definition) is 5. The van der Waals surface area contributed by atoms with Crippen LogP contribution in [0.1, 0.15) is 30.1 Å². The molecule has 1 fully saturated rings. The normalized spacial score (nSPS) is 18.8. The SMILES string of the molecule is Cc1cc(N2CCC[C@@H]2c2cnn(C)c2)n2ncnc2n1. The largest absolute Gasteiger partial charge is 0.349 e. The molecular weight excluding hydrogens is 266 g/mol. The van der Waals surface area contributed by atoms with Crippen molar-refractivity contribution < 1.29 is 0 Å². The fraction of sp³-hybridized carbons (Fsp3) is 0.429. The van der Waals surface area contributed by atoms with Crippen LogP contribution in [0.25, 0.3) is 5.78 Å². The van der Waals surface area contributed by atoms with Gasteiger partial charge in [-0.3, -0.25) is 4.68 Å². The lowest BCUT2D eigenvalue weighted by atomic mass is 10.1. The Morgan fingerprint density at radius 3 is 3.00 bits per heavy atom. The highest BCUT2D eigenvalue weighted by atomic mass is 15.4. The summed E-state index contributed by atoms with van der Waals surface area (Å²) >= 11 is 0. The Morgan fingerprint density at radius 1 is 1.29 bits per heavy atom. The van der Waals surface area contributed by atoms with Crippen molar-refractivity contribution in [1.29, 1.82) is 0 Å². The lowest BCUT2D eigenvalue weighted by molar-refractivity contribution is 0.694. The monoisotopic (exact) mass is 283 g/mol. The maximum absolute atomic E-state index is 4.42. The van der Waals surface area contributed by atoms with Gasteiger partial charge in [-0.15, -0.1) is 0 Å². The number of nitrogens with zero attached hydrogens (tertiary/aromatic N) is 7. The summed E-state index contributed by atoms with van der Waals surface area (Å²) in [6, 6.07) is 2.42. The predicted molar refractivity (Wildman–Crippen MR) is 78.0 cm³/mol. The quantitative estimate of drug-likeness (QED) is 0.713. The summed E-state index contributed by atoms with van der Waals surface area (Å²) in [5, 5.41) is 8.62. The zero-order valence-electron chi connectivity index (χ0n) is 12.1. The van der Waals surface area contributed by atoms with E-state index in [-0.39, 0.29) is 0 Å². The standard InChI is InChI=1S/C14H17N7/c1-10-6-13(21-14(18-10)15-9-17-21)20-5-3-4-12(20)11-7-16-19(2)8-11/h6-9,12H,3-5H2,1-2H3/t12-/m1/s1. The van der Waals surface area contributed by atoms with E-state index < -0.39 is 0 Å². The molecule has 0 radical (unpaired) electrons. The van der Waals surface area contributed by atoms with Crippen molar-refractivity contribution in [2.24, 2.45) is 7.05 Å². The number of hydrogen-bond donors (Lipinski definition) is 0. The maximum atomic E-state index is 4.42. The highest BCUT2D eigenvalue weighted by molar-refractivity contribution is 5.50. The Hall–Kier alpha value is -2.44. The first-order chi connectivity index (χ1) is 10.2. The van der Waals surface area contributed by atoms with E-state index in [1.807, 2.05) is 29.4 Å². The van der Waals surface area contributed by atoms with E-state index in [1.54, 1.807) is 6.33 Å². The zero-order valence-corrected chi connectivity index (χ0v) is 12.1. The molecule has 1 aliphatic rings. The summed E-state index contributed by atoms with van der Waals surface area (Å²) in [4.78, 5) is 11.0. The van der Waals surface area contributed by atoms with Crippen LogP contribution in [0.4, 0.5) is 5.82 Å². The molecule has 3 aromatic rings. The summed E-state index contributed by atoms with van der Waals surface area (Å²) in [5.41, 5.74) is 2.21. The third-order valence-electron chi connectivity index (χ3n) is 4.02. The molecule has 0 bridgehead atoms.